The van der Waals surface area contributed by atoms with Gasteiger partial charge in [0.2, 0.25) is 5.91 Å². The largest absolute Gasteiger partial charge is 0.338 e. The number of amides is 1. The van der Waals surface area contributed by atoms with Crippen LogP contribution in [0.15, 0.2) is 53.7 Å². The zero-order chi connectivity index (χ0) is 21.0. The van der Waals surface area contributed by atoms with Gasteiger partial charge >= 0.3 is 0 Å². The first-order valence-electron chi connectivity index (χ1n) is 9.14. The van der Waals surface area contributed by atoms with Crippen molar-refractivity contribution in [2.45, 2.75) is 31.6 Å². The molecular formula is C21H22F2N4OS. The fraction of sp³-hybridized carbons (Fsp3) is 0.286. The third-order valence-corrected chi connectivity index (χ3v) is 5.76. The van der Waals surface area contributed by atoms with Gasteiger partial charge in [-0.3, -0.25) is 4.79 Å². The molecule has 1 atom stereocenters. The lowest BCUT2D eigenvalue weighted by Gasteiger charge is -2.25. The van der Waals surface area contributed by atoms with Crippen LogP contribution in [0.5, 0.6) is 0 Å². The van der Waals surface area contributed by atoms with Gasteiger partial charge < -0.3 is 9.47 Å². The summed E-state index contributed by atoms with van der Waals surface area (Å²) in [6.45, 7) is 4.27. The molecule has 0 saturated carbocycles. The SMILES string of the molecule is Cc1nnc(SCC(=O)N(C)C(C)c2ccc(F)c(F)c2)n1Cc1ccccc1. The third-order valence-electron chi connectivity index (χ3n) is 4.81. The van der Waals surface area contributed by atoms with Crippen LogP contribution in [0.3, 0.4) is 0 Å². The van der Waals surface area contributed by atoms with Crippen molar-refractivity contribution in [3.63, 3.8) is 0 Å². The normalized spacial score (nSPS) is 12.0. The summed E-state index contributed by atoms with van der Waals surface area (Å²) in [5.74, 6) is -1.03. The van der Waals surface area contributed by atoms with Crippen LogP contribution in [0.25, 0.3) is 0 Å². The van der Waals surface area contributed by atoms with Crippen molar-refractivity contribution in [3.8, 4) is 0 Å². The summed E-state index contributed by atoms with van der Waals surface area (Å²) in [5.41, 5.74) is 1.65. The Morgan fingerprint density at radius 3 is 2.55 bits per heavy atom. The Balaban J connectivity index is 1.65. The Bertz CT molecular complexity index is 994. The molecule has 0 bridgehead atoms. The second-order valence-electron chi connectivity index (χ2n) is 6.74. The van der Waals surface area contributed by atoms with E-state index in [4.69, 9.17) is 0 Å². The Morgan fingerprint density at radius 1 is 1.14 bits per heavy atom. The summed E-state index contributed by atoms with van der Waals surface area (Å²) in [6, 6.07) is 13.2. The van der Waals surface area contributed by atoms with E-state index in [1.54, 1.807) is 14.0 Å². The first-order chi connectivity index (χ1) is 13.9. The predicted octanol–water partition coefficient (Wildman–Crippen LogP) is 4.22. The highest BCUT2D eigenvalue weighted by Crippen LogP contribution is 2.24. The highest BCUT2D eigenvalue weighted by Gasteiger charge is 2.20. The highest BCUT2D eigenvalue weighted by atomic mass is 32.2. The maximum absolute atomic E-state index is 13.5. The van der Waals surface area contributed by atoms with E-state index in [9.17, 15) is 13.6 Å². The number of hydrogen-bond acceptors (Lipinski definition) is 4. The molecule has 0 aliphatic carbocycles. The minimum Gasteiger partial charge on any atom is -0.338 e. The molecule has 1 heterocycles. The molecule has 0 fully saturated rings. The van der Waals surface area contributed by atoms with Crippen LogP contribution >= 0.6 is 11.8 Å². The predicted molar refractivity (Wildman–Crippen MR) is 109 cm³/mol. The monoisotopic (exact) mass is 416 g/mol. The fourth-order valence-corrected chi connectivity index (χ4v) is 3.76. The number of aromatic nitrogens is 3. The number of thioether (sulfide) groups is 1. The minimum atomic E-state index is -0.922. The molecule has 0 N–H and O–H groups in total. The smallest absolute Gasteiger partial charge is 0.233 e. The summed E-state index contributed by atoms with van der Waals surface area (Å²) in [4.78, 5) is 14.2. The van der Waals surface area contributed by atoms with E-state index in [0.29, 0.717) is 17.3 Å². The molecule has 0 spiro atoms. The summed E-state index contributed by atoms with van der Waals surface area (Å²) < 4.78 is 28.6. The maximum Gasteiger partial charge on any atom is 0.233 e. The molecule has 152 valence electrons. The van der Waals surface area contributed by atoms with Crippen LogP contribution in [0.2, 0.25) is 0 Å². The van der Waals surface area contributed by atoms with Gasteiger partial charge in [-0.1, -0.05) is 48.2 Å². The zero-order valence-corrected chi connectivity index (χ0v) is 17.3. The van der Waals surface area contributed by atoms with E-state index in [1.165, 1.54) is 22.7 Å². The average molecular weight is 416 g/mol. The Labute approximate surface area is 172 Å². The Kier molecular flexibility index (Phi) is 6.64. The molecule has 1 unspecified atom stereocenters. The summed E-state index contributed by atoms with van der Waals surface area (Å²) >= 11 is 1.31. The topological polar surface area (TPSA) is 51.0 Å². The molecule has 5 nitrogen and oxygen atoms in total. The van der Waals surface area contributed by atoms with E-state index >= 15 is 0 Å². The van der Waals surface area contributed by atoms with Gasteiger partial charge in [0, 0.05) is 7.05 Å². The number of nitrogens with zero attached hydrogens (tertiary/aromatic N) is 4. The van der Waals surface area contributed by atoms with Crippen molar-refractivity contribution >= 4 is 17.7 Å². The third kappa shape index (κ3) is 5.00. The van der Waals surface area contributed by atoms with Crippen molar-refractivity contribution in [2.75, 3.05) is 12.8 Å². The number of rotatable bonds is 7. The lowest BCUT2D eigenvalue weighted by atomic mass is 10.1. The second-order valence-corrected chi connectivity index (χ2v) is 7.69. The number of aryl methyl sites for hydroxylation is 1. The van der Waals surface area contributed by atoms with E-state index in [0.717, 1.165) is 23.5 Å². The van der Waals surface area contributed by atoms with Gasteiger partial charge in [0.05, 0.1) is 18.3 Å². The van der Waals surface area contributed by atoms with Gasteiger partial charge in [-0.25, -0.2) is 8.78 Å². The summed E-state index contributed by atoms with van der Waals surface area (Å²) in [5, 5.41) is 8.97. The van der Waals surface area contributed by atoms with Crippen molar-refractivity contribution in [1.29, 1.82) is 0 Å². The number of benzene rings is 2. The molecule has 3 aromatic rings. The highest BCUT2D eigenvalue weighted by molar-refractivity contribution is 7.99. The van der Waals surface area contributed by atoms with E-state index < -0.39 is 11.6 Å². The lowest BCUT2D eigenvalue weighted by molar-refractivity contribution is -0.128. The molecule has 8 heteroatoms. The molecule has 0 saturated heterocycles. The molecule has 0 aliphatic heterocycles. The van der Waals surface area contributed by atoms with Crippen LogP contribution < -0.4 is 0 Å². The first-order valence-corrected chi connectivity index (χ1v) is 10.1. The van der Waals surface area contributed by atoms with Gasteiger partial charge in [-0.2, -0.15) is 0 Å². The molecule has 3 rings (SSSR count). The molecule has 0 radical (unpaired) electrons. The maximum atomic E-state index is 13.5. The first kappa shape index (κ1) is 21.0. The fourth-order valence-electron chi connectivity index (χ4n) is 2.86. The van der Waals surface area contributed by atoms with E-state index in [2.05, 4.69) is 10.2 Å². The van der Waals surface area contributed by atoms with Crippen molar-refractivity contribution in [2.24, 2.45) is 0 Å². The van der Waals surface area contributed by atoms with Gasteiger partial charge in [0.15, 0.2) is 16.8 Å². The quantitative estimate of drug-likeness (QED) is 0.541. The van der Waals surface area contributed by atoms with Crippen LogP contribution in [-0.4, -0.2) is 38.4 Å². The standard InChI is InChI=1S/C21H22F2N4OS/c1-14(17-9-10-18(22)19(23)11-17)26(3)20(28)13-29-21-25-24-15(2)27(21)12-16-7-5-4-6-8-16/h4-11,14H,12-13H2,1-3H3. The van der Waals surface area contributed by atoms with Gasteiger partial charge in [-0.15, -0.1) is 10.2 Å². The second kappa shape index (κ2) is 9.17. The van der Waals surface area contributed by atoms with Crippen LogP contribution in [0.1, 0.15) is 29.9 Å². The van der Waals surface area contributed by atoms with Crippen molar-refractivity contribution < 1.29 is 13.6 Å². The van der Waals surface area contributed by atoms with E-state index in [1.807, 2.05) is 41.8 Å². The number of carbonyl (C=O) groups is 1. The lowest BCUT2D eigenvalue weighted by Crippen LogP contribution is -2.31. The van der Waals surface area contributed by atoms with Crippen LogP contribution in [0, 0.1) is 18.6 Å². The van der Waals surface area contributed by atoms with Crippen molar-refractivity contribution in [3.05, 3.63) is 77.1 Å². The van der Waals surface area contributed by atoms with Gasteiger partial charge in [0.25, 0.3) is 0 Å². The molecule has 0 aliphatic rings. The molecule has 1 aromatic heterocycles. The number of carbonyl (C=O) groups excluding carboxylic acids is 1. The molecular weight excluding hydrogens is 394 g/mol. The van der Waals surface area contributed by atoms with Crippen molar-refractivity contribution in [1.82, 2.24) is 19.7 Å². The summed E-state index contributed by atoms with van der Waals surface area (Å²) in [6.07, 6.45) is 0. The zero-order valence-electron chi connectivity index (χ0n) is 16.5. The van der Waals surface area contributed by atoms with Gasteiger partial charge in [0.1, 0.15) is 5.82 Å². The Hall–Kier alpha value is -2.74. The minimum absolute atomic E-state index is 0.140. The number of halogens is 2. The molecule has 2 aromatic carbocycles. The van der Waals surface area contributed by atoms with Crippen LogP contribution in [0.4, 0.5) is 8.78 Å². The van der Waals surface area contributed by atoms with E-state index in [-0.39, 0.29) is 17.7 Å². The number of hydrogen-bond donors (Lipinski definition) is 0. The molecule has 1 amide bonds. The summed E-state index contributed by atoms with van der Waals surface area (Å²) in [7, 11) is 1.65. The van der Waals surface area contributed by atoms with Gasteiger partial charge in [-0.05, 0) is 37.1 Å². The molecule has 29 heavy (non-hydrogen) atoms. The average Bonchev–Trinajstić information content (AvgIpc) is 3.07. The van der Waals surface area contributed by atoms with Crippen LogP contribution in [-0.2, 0) is 11.3 Å². The Morgan fingerprint density at radius 2 is 1.86 bits per heavy atom.